The van der Waals surface area contributed by atoms with E-state index in [4.69, 9.17) is 5.73 Å². The highest BCUT2D eigenvalue weighted by molar-refractivity contribution is 7.92. The van der Waals surface area contributed by atoms with Gasteiger partial charge in [0.25, 0.3) is 0 Å². The van der Waals surface area contributed by atoms with E-state index in [2.05, 4.69) is 0 Å². The van der Waals surface area contributed by atoms with E-state index in [1.807, 2.05) is 0 Å². The molecule has 0 fully saturated rings. The molecule has 1 rings (SSSR count). The van der Waals surface area contributed by atoms with E-state index in [1.54, 1.807) is 24.3 Å². The molecule has 17 heavy (non-hydrogen) atoms. The second-order valence-electron chi connectivity index (χ2n) is 3.96. The van der Waals surface area contributed by atoms with Crippen molar-refractivity contribution in [3.05, 3.63) is 24.3 Å². The summed E-state index contributed by atoms with van der Waals surface area (Å²) in [6, 6.07) is 6.72. The molecule has 1 atom stereocenters. The zero-order valence-electron chi connectivity index (χ0n) is 10.0. The van der Waals surface area contributed by atoms with E-state index in [9.17, 15) is 13.2 Å². The van der Waals surface area contributed by atoms with E-state index in [0.717, 1.165) is 6.26 Å². The highest BCUT2D eigenvalue weighted by Crippen LogP contribution is 2.17. The molecular formula is C11H16N2O3S. The van der Waals surface area contributed by atoms with Gasteiger partial charge in [0.15, 0.2) is 9.84 Å². The number of sulfone groups is 1. The summed E-state index contributed by atoms with van der Waals surface area (Å²) in [6.07, 6.45) is 1.04. The van der Waals surface area contributed by atoms with Gasteiger partial charge < -0.3 is 10.6 Å². The van der Waals surface area contributed by atoms with Gasteiger partial charge in [0.05, 0.1) is 0 Å². The van der Waals surface area contributed by atoms with Crippen molar-refractivity contribution in [2.75, 3.05) is 23.9 Å². The Labute approximate surface area is 101 Å². The lowest BCUT2D eigenvalue weighted by Gasteiger charge is -2.20. The van der Waals surface area contributed by atoms with Crippen LogP contribution in [0.4, 0.5) is 11.4 Å². The number of hydrogen-bond donors (Lipinski definition) is 1. The van der Waals surface area contributed by atoms with Gasteiger partial charge >= 0.3 is 0 Å². The molecular weight excluding hydrogens is 240 g/mol. The molecule has 6 heteroatoms. The van der Waals surface area contributed by atoms with Crippen LogP contribution in [0.15, 0.2) is 24.3 Å². The molecule has 0 aliphatic carbocycles. The minimum atomic E-state index is -3.39. The highest BCUT2D eigenvalue weighted by Gasteiger charge is 2.27. The van der Waals surface area contributed by atoms with Crippen LogP contribution < -0.4 is 10.6 Å². The third-order valence-corrected chi connectivity index (χ3v) is 4.06. The number of amides is 1. The Morgan fingerprint density at radius 3 is 2.47 bits per heavy atom. The number of carbonyl (C=O) groups excluding carboxylic acids is 1. The molecule has 0 aromatic heterocycles. The van der Waals surface area contributed by atoms with Crippen molar-refractivity contribution in [3.8, 4) is 0 Å². The first-order valence-corrected chi connectivity index (χ1v) is 7.01. The monoisotopic (exact) mass is 256 g/mol. The van der Waals surface area contributed by atoms with Crippen molar-refractivity contribution in [3.63, 3.8) is 0 Å². The van der Waals surface area contributed by atoms with E-state index < -0.39 is 21.0 Å². The lowest BCUT2D eigenvalue weighted by Crippen LogP contribution is -2.38. The predicted molar refractivity (Wildman–Crippen MR) is 68.6 cm³/mol. The van der Waals surface area contributed by atoms with Gasteiger partial charge in [-0.15, -0.1) is 0 Å². The molecule has 0 aliphatic heterocycles. The van der Waals surface area contributed by atoms with Crippen molar-refractivity contribution < 1.29 is 13.2 Å². The smallest absolute Gasteiger partial charge is 0.244 e. The summed E-state index contributed by atoms with van der Waals surface area (Å²) in [4.78, 5) is 13.2. The van der Waals surface area contributed by atoms with Crippen LogP contribution in [0.5, 0.6) is 0 Å². The molecule has 0 heterocycles. The van der Waals surface area contributed by atoms with E-state index in [-0.39, 0.29) is 0 Å². The Morgan fingerprint density at radius 1 is 1.41 bits per heavy atom. The zero-order valence-corrected chi connectivity index (χ0v) is 10.9. The minimum Gasteiger partial charge on any atom is -0.399 e. The Hall–Kier alpha value is -1.56. The molecule has 0 spiro atoms. The number of nitrogens with zero attached hydrogens (tertiary/aromatic N) is 1. The van der Waals surface area contributed by atoms with Gasteiger partial charge in [0.1, 0.15) is 5.25 Å². The van der Waals surface area contributed by atoms with E-state index in [1.165, 1.54) is 18.9 Å². The molecule has 1 amide bonds. The van der Waals surface area contributed by atoms with Gasteiger partial charge in [-0.1, -0.05) is 6.07 Å². The lowest BCUT2D eigenvalue weighted by molar-refractivity contribution is -0.117. The fraction of sp³-hybridized carbons (Fsp3) is 0.364. The normalized spacial score (nSPS) is 13.1. The average Bonchev–Trinajstić information content (AvgIpc) is 2.25. The van der Waals surface area contributed by atoms with Crippen molar-refractivity contribution >= 4 is 27.1 Å². The topological polar surface area (TPSA) is 80.5 Å². The molecule has 5 nitrogen and oxygen atoms in total. The maximum Gasteiger partial charge on any atom is 0.244 e. The molecule has 0 aliphatic rings. The summed E-state index contributed by atoms with van der Waals surface area (Å²) in [7, 11) is -1.86. The van der Waals surface area contributed by atoms with Crippen LogP contribution in [0.25, 0.3) is 0 Å². The van der Waals surface area contributed by atoms with Crippen molar-refractivity contribution in [1.29, 1.82) is 0 Å². The number of benzene rings is 1. The van der Waals surface area contributed by atoms with Crippen molar-refractivity contribution in [1.82, 2.24) is 0 Å². The standard InChI is InChI=1S/C11H16N2O3S/c1-8(17(3,15)16)11(14)13(2)10-6-4-5-9(12)7-10/h4-8H,12H2,1-3H3. The second kappa shape index (κ2) is 4.75. The Morgan fingerprint density at radius 2 is 2.00 bits per heavy atom. The van der Waals surface area contributed by atoms with E-state index in [0.29, 0.717) is 11.4 Å². The molecule has 1 unspecified atom stereocenters. The van der Waals surface area contributed by atoms with Gasteiger partial charge in [-0.2, -0.15) is 0 Å². The SMILES string of the molecule is CC(C(=O)N(C)c1cccc(N)c1)S(C)(=O)=O. The molecule has 94 valence electrons. The van der Waals surface area contributed by atoms with Crippen LogP contribution in [-0.4, -0.2) is 32.9 Å². The minimum absolute atomic E-state index is 0.474. The Bertz CT molecular complexity index is 525. The number of nitrogens with two attached hydrogens (primary N) is 1. The number of nitrogen functional groups attached to an aromatic ring is 1. The first kappa shape index (κ1) is 13.5. The van der Waals surface area contributed by atoms with Crippen LogP contribution in [-0.2, 0) is 14.6 Å². The molecule has 2 N–H and O–H groups in total. The van der Waals surface area contributed by atoms with Crippen LogP contribution in [0, 0.1) is 0 Å². The van der Waals surface area contributed by atoms with Crippen LogP contribution in [0.2, 0.25) is 0 Å². The molecule has 0 radical (unpaired) electrons. The first-order valence-electron chi connectivity index (χ1n) is 5.05. The fourth-order valence-corrected chi connectivity index (χ4v) is 1.84. The molecule has 0 saturated carbocycles. The van der Waals surface area contributed by atoms with Crippen LogP contribution in [0.1, 0.15) is 6.92 Å². The lowest BCUT2D eigenvalue weighted by atomic mass is 10.2. The predicted octanol–water partition coefficient (Wildman–Crippen LogP) is 0.665. The van der Waals surface area contributed by atoms with Gasteiger partial charge in [-0.05, 0) is 25.1 Å². The van der Waals surface area contributed by atoms with Gasteiger partial charge in [-0.3, -0.25) is 4.79 Å². The summed E-state index contributed by atoms with van der Waals surface area (Å²) in [6.45, 7) is 1.38. The summed E-state index contributed by atoms with van der Waals surface area (Å²) in [5.41, 5.74) is 6.70. The zero-order chi connectivity index (χ0) is 13.2. The molecule has 1 aromatic carbocycles. The average molecular weight is 256 g/mol. The quantitative estimate of drug-likeness (QED) is 0.806. The van der Waals surface area contributed by atoms with Crippen molar-refractivity contribution in [2.45, 2.75) is 12.2 Å². The maximum absolute atomic E-state index is 11.9. The molecule has 1 aromatic rings. The second-order valence-corrected chi connectivity index (χ2v) is 6.33. The summed E-state index contributed by atoms with van der Waals surface area (Å²) in [5.74, 6) is -0.474. The number of anilines is 2. The number of carbonyl (C=O) groups is 1. The van der Waals surface area contributed by atoms with Crippen LogP contribution >= 0.6 is 0 Å². The van der Waals surface area contributed by atoms with Crippen molar-refractivity contribution in [2.24, 2.45) is 0 Å². The van der Waals surface area contributed by atoms with Crippen LogP contribution in [0.3, 0.4) is 0 Å². The van der Waals surface area contributed by atoms with E-state index >= 15 is 0 Å². The summed E-state index contributed by atoms with van der Waals surface area (Å²) < 4.78 is 22.6. The third kappa shape index (κ3) is 3.20. The Balaban J connectivity index is 2.99. The number of hydrogen-bond acceptors (Lipinski definition) is 4. The summed E-state index contributed by atoms with van der Waals surface area (Å²) in [5, 5.41) is -1.06. The van der Waals surface area contributed by atoms with Gasteiger partial charge in [-0.25, -0.2) is 8.42 Å². The molecule has 0 bridgehead atoms. The van der Waals surface area contributed by atoms with Gasteiger partial charge in [0.2, 0.25) is 5.91 Å². The number of rotatable bonds is 3. The summed E-state index contributed by atoms with van der Waals surface area (Å²) >= 11 is 0. The fourth-order valence-electron chi connectivity index (χ4n) is 1.32. The Kier molecular flexibility index (Phi) is 3.77. The largest absolute Gasteiger partial charge is 0.399 e. The molecule has 0 saturated heterocycles. The third-order valence-electron chi connectivity index (χ3n) is 2.58. The highest BCUT2D eigenvalue weighted by atomic mass is 32.2. The maximum atomic E-state index is 11.9. The first-order chi connectivity index (χ1) is 7.73. The van der Waals surface area contributed by atoms with Gasteiger partial charge in [0, 0.05) is 24.7 Å².